The van der Waals surface area contributed by atoms with Gasteiger partial charge in [-0.1, -0.05) is 32.9 Å². The minimum absolute atomic E-state index is 0.617. The van der Waals surface area contributed by atoms with Crippen molar-refractivity contribution in [2.24, 2.45) is 0 Å². The molecule has 0 radical (unpaired) electrons. The summed E-state index contributed by atoms with van der Waals surface area (Å²) in [6.07, 6.45) is -0.0214. The van der Waals surface area contributed by atoms with Crippen molar-refractivity contribution in [3.63, 3.8) is 0 Å². The molecule has 4 nitrogen and oxygen atoms in total. The van der Waals surface area contributed by atoms with Gasteiger partial charge in [-0.05, 0) is 50.6 Å². The summed E-state index contributed by atoms with van der Waals surface area (Å²) in [6, 6.07) is 5.80. The molecule has 1 aromatic rings. The normalized spacial score (nSPS) is 11.2. The molecule has 0 aromatic heterocycles. The van der Waals surface area contributed by atoms with Gasteiger partial charge in [-0.3, -0.25) is 0 Å². The minimum atomic E-state index is -1.20. The van der Waals surface area contributed by atoms with Crippen LogP contribution < -0.4 is 15.2 Å². The van der Waals surface area contributed by atoms with Crippen LogP contribution in [0.25, 0.3) is 0 Å². The predicted octanol–water partition coefficient (Wildman–Crippen LogP) is 1.69. The first kappa shape index (κ1) is 18.4. The van der Waals surface area contributed by atoms with Gasteiger partial charge in [0.25, 0.3) is 0 Å². The summed E-state index contributed by atoms with van der Waals surface area (Å²) in [7, 11) is 0. The number of aliphatic carboxylic acids is 1. The van der Waals surface area contributed by atoms with Crippen molar-refractivity contribution < 1.29 is 14.6 Å². The number of carbonyl (C=O) groups is 1. The van der Waals surface area contributed by atoms with E-state index in [0.717, 1.165) is 30.6 Å². The molecule has 4 heteroatoms. The van der Waals surface area contributed by atoms with Crippen LogP contribution >= 0.6 is 0 Å². The minimum Gasteiger partial charge on any atom is -0.546 e. The molecule has 0 bridgehead atoms. The molecule has 0 saturated carbocycles. The summed E-state index contributed by atoms with van der Waals surface area (Å²) in [5.41, 5.74) is 2.06. The average Bonchev–Trinajstić information content (AvgIpc) is 2.42. The Balaban J connectivity index is 0.000000621. The van der Waals surface area contributed by atoms with E-state index < -0.39 is 12.1 Å². The summed E-state index contributed by atoms with van der Waals surface area (Å²) >= 11 is 0. The lowest BCUT2D eigenvalue weighted by molar-refractivity contribution is -0.312. The van der Waals surface area contributed by atoms with Crippen LogP contribution in [0.1, 0.15) is 38.8 Å². The highest BCUT2D eigenvalue weighted by atomic mass is 16.5. The summed E-state index contributed by atoms with van der Waals surface area (Å²) in [4.78, 5) is 10.5. The van der Waals surface area contributed by atoms with Crippen molar-refractivity contribution in [2.45, 2.75) is 47.1 Å². The highest BCUT2D eigenvalue weighted by Gasteiger charge is 2.07. The molecular weight excluding hydrogens is 254 g/mol. The van der Waals surface area contributed by atoms with Crippen LogP contribution in [0, 0.1) is 6.92 Å². The van der Waals surface area contributed by atoms with E-state index in [9.17, 15) is 9.90 Å². The van der Waals surface area contributed by atoms with Crippen molar-refractivity contribution in [1.82, 2.24) is 5.32 Å². The van der Waals surface area contributed by atoms with E-state index in [1.165, 1.54) is 6.92 Å². The molecule has 1 unspecified atom stereocenters. The first-order valence-electron chi connectivity index (χ1n) is 7.13. The van der Waals surface area contributed by atoms with Gasteiger partial charge in [-0.2, -0.15) is 0 Å². The number of carbonyl (C=O) groups excluding carboxylic acids is 1. The SMILES string of the molecule is CCNCC.CCc1ccc(C)c(OC(C)C(=O)[O-])c1. The second-order valence-electron chi connectivity index (χ2n) is 4.49. The average molecular weight is 280 g/mol. The molecule has 0 saturated heterocycles. The Bertz CT molecular complexity index is 403. The molecule has 1 N–H and O–H groups in total. The number of ether oxygens (including phenoxy) is 1. The summed E-state index contributed by atoms with van der Waals surface area (Å²) in [5, 5.41) is 13.6. The highest BCUT2D eigenvalue weighted by Crippen LogP contribution is 2.21. The van der Waals surface area contributed by atoms with E-state index in [4.69, 9.17) is 4.74 Å². The maximum atomic E-state index is 10.5. The summed E-state index contributed by atoms with van der Waals surface area (Å²) in [6.45, 7) is 11.8. The van der Waals surface area contributed by atoms with Crippen molar-refractivity contribution in [2.75, 3.05) is 13.1 Å². The first-order valence-corrected chi connectivity index (χ1v) is 7.13. The zero-order valence-electron chi connectivity index (χ0n) is 13.2. The fraction of sp³-hybridized carbons (Fsp3) is 0.562. The molecule has 0 aliphatic rings. The standard InChI is InChI=1S/C12H16O3.C4H11N/c1-4-10-6-5-8(2)11(7-10)15-9(3)12(13)14;1-3-5-4-2/h5-7,9H,4H2,1-3H3,(H,13,14);5H,3-4H2,1-2H3/p-1. The van der Waals surface area contributed by atoms with E-state index in [1.807, 2.05) is 32.0 Å². The maximum Gasteiger partial charge on any atom is 0.135 e. The Kier molecular flexibility index (Phi) is 9.47. The van der Waals surface area contributed by atoms with Gasteiger partial charge >= 0.3 is 0 Å². The van der Waals surface area contributed by atoms with E-state index in [-0.39, 0.29) is 0 Å². The molecular formula is C16H26NO3-. The lowest BCUT2D eigenvalue weighted by atomic mass is 10.1. The smallest absolute Gasteiger partial charge is 0.135 e. The quantitative estimate of drug-likeness (QED) is 0.861. The molecule has 114 valence electrons. The number of nitrogens with one attached hydrogen (secondary N) is 1. The molecule has 20 heavy (non-hydrogen) atoms. The molecule has 1 atom stereocenters. The zero-order valence-corrected chi connectivity index (χ0v) is 13.2. The number of hydrogen-bond donors (Lipinski definition) is 1. The Labute approximate surface area is 122 Å². The number of benzene rings is 1. The first-order chi connectivity index (χ1) is 9.46. The molecule has 1 aromatic carbocycles. The Morgan fingerprint density at radius 3 is 2.30 bits per heavy atom. The van der Waals surface area contributed by atoms with E-state index >= 15 is 0 Å². The number of hydrogen-bond acceptors (Lipinski definition) is 4. The van der Waals surface area contributed by atoms with Gasteiger partial charge < -0.3 is 20.0 Å². The van der Waals surface area contributed by atoms with Crippen LogP contribution in [-0.4, -0.2) is 25.2 Å². The largest absolute Gasteiger partial charge is 0.546 e. The third kappa shape index (κ3) is 7.14. The molecule has 0 spiro atoms. The third-order valence-corrected chi connectivity index (χ3v) is 2.80. The summed E-state index contributed by atoms with van der Waals surface area (Å²) < 4.78 is 5.29. The third-order valence-electron chi connectivity index (χ3n) is 2.80. The fourth-order valence-electron chi connectivity index (χ4n) is 1.48. The molecule has 0 amide bonds. The second-order valence-corrected chi connectivity index (χ2v) is 4.49. The van der Waals surface area contributed by atoms with E-state index in [1.54, 1.807) is 0 Å². The van der Waals surface area contributed by atoms with Crippen LogP contribution in [0.2, 0.25) is 0 Å². The highest BCUT2D eigenvalue weighted by molar-refractivity contribution is 5.70. The topological polar surface area (TPSA) is 61.4 Å². The zero-order chi connectivity index (χ0) is 15.5. The second kappa shape index (κ2) is 10.3. The Morgan fingerprint density at radius 1 is 1.30 bits per heavy atom. The number of aryl methyl sites for hydroxylation is 2. The Hall–Kier alpha value is -1.55. The van der Waals surface area contributed by atoms with Crippen LogP contribution in [0.15, 0.2) is 18.2 Å². The molecule has 0 heterocycles. The van der Waals surface area contributed by atoms with Gasteiger partial charge in [-0.25, -0.2) is 0 Å². The number of carboxylic acid groups (broad SMARTS) is 1. The maximum absolute atomic E-state index is 10.5. The van der Waals surface area contributed by atoms with Crippen LogP contribution in [-0.2, 0) is 11.2 Å². The van der Waals surface area contributed by atoms with E-state index in [2.05, 4.69) is 19.2 Å². The number of rotatable bonds is 6. The van der Waals surface area contributed by atoms with E-state index in [0.29, 0.717) is 5.75 Å². The number of carboxylic acids is 1. The Morgan fingerprint density at radius 2 is 1.90 bits per heavy atom. The van der Waals surface area contributed by atoms with Crippen LogP contribution in [0.5, 0.6) is 5.75 Å². The monoisotopic (exact) mass is 280 g/mol. The van der Waals surface area contributed by atoms with Gasteiger partial charge in [0.15, 0.2) is 0 Å². The summed E-state index contributed by atoms with van der Waals surface area (Å²) in [5.74, 6) is -0.581. The van der Waals surface area contributed by atoms with Gasteiger partial charge in [0, 0.05) is 0 Å². The molecule has 0 aliphatic heterocycles. The predicted molar refractivity (Wildman–Crippen MR) is 79.9 cm³/mol. The van der Waals surface area contributed by atoms with Gasteiger partial charge in [0.2, 0.25) is 0 Å². The molecule has 0 aliphatic carbocycles. The van der Waals surface area contributed by atoms with Crippen LogP contribution in [0.3, 0.4) is 0 Å². The van der Waals surface area contributed by atoms with Gasteiger partial charge in [0.1, 0.15) is 11.9 Å². The van der Waals surface area contributed by atoms with Crippen molar-refractivity contribution >= 4 is 5.97 Å². The fourth-order valence-corrected chi connectivity index (χ4v) is 1.48. The lowest BCUT2D eigenvalue weighted by Gasteiger charge is -2.17. The molecule has 1 rings (SSSR count). The van der Waals surface area contributed by atoms with Crippen molar-refractivity contribution in [3.05, 3.63) is 29.3 Å². The van der Waals surface area contributed by atoms with Crippen molar-refractivity contribution in [1.29, 1.82) is 0 Å². The molecule has 0 fully saturated rings. The van der Waals surface area contributed by atoms with Crippen LogP contribution in [0.4, 0.5) is 0 Å². The van der Waals surface area contributed by atoms with Gasteiger partial charge in [0.05, 0.1) is 5.97 Å². The lowest BCUT2D eigenvalue weighted by Crippen LogP contribution is -2.37. The van der Waals surface area contributed by atoms with Crippen molar-refractivity contribution in [3.8, 4) is 5.75 Å². The van der Waals surface area contributed by atoms with Gasteiger partial charge in [-0.15, -0.1) is 0 Å².